The third-order valence-electron chi connectivity index (χ3n) is 6.67. The van der Waals surface area contributed by atoms with Crippen molar-refractivity contribution in [3.05, 3.63) is 47.8 Å². The summed E-state index contributed by atoms with van der Waals surface area (Å²) in [5, 5.41) is 8.93. The SMILES string of the molecule is N#Cc1ccc(C2CCC([C@H]3CC[C@H](CC/C=C/F)CC3)CC2)cc1. The van der Waals surface area contributed by atoms with Gasteiger partial charge in [-0.25, -0.2) is 4.39 Å². The molecule has 2 heteroatoms. The molecular formula is C23H30FN. The number of nitriles is 1. The molecule has 134 valence electrons. The van der Waals surface area contributed by atoms with Crippen LogP contribution in [0.15, 0.2) is 36.7 Å². The number of hydrogen-bond donors (Lipinski definition) is 0. The third kappa shape index (κ3) is 4.94. The first kappa shape index (κ1) is 18.2. The van der Waals surface area contributed by atoms with Gasteiger partial charge in [0.25, 0.3) is 0 Å². The maximum atomic E-state index is 12.0. The quantitative estimate of drug-likeness (QED) is 0.572. The van der Waals surface area contributed by atoms with E-state index in [2.05, 4.69) is 18.2 Å². The first-order valence-corrected chi connectivity index (χ1v) is 10.1. The molecule has 1 aromatic rings. The lowest BCUT2D eigenvalue weighted by molar-refractivity contribution is 0.157. The number of halogens is 1. The van der Waals surface area contributed by atoms with Gasteiger partial charge in [-0.05, 0) is 92.7 Å². The van der Waals surface area contributed by atoms with Gasteiger partial charge in [0.2, 0.25) is 0 Å². The molecule has 1 aromatic carbocycles. The van der Waals surface area contributed by atoms with Crippen LogP contribution < -0.4 is 0 Å². The maximum absolute atomic E-state index is 12.0. The zero-order chi connectivity index (χ0) is 17.5. The average Bonchev–Trinajstić information content (AvgIpc) is 2.69. The fourth-order valence-corrected chi connectivity index (χ4v) is 5.10. The Morgan fingerprint density at radius 1 is 0.920 bits per heavy atom. The first-order chi connectivity index (χ1) is 12.3. The van der Waals surface area contributed by atoms with Gasteiger partial charge in [0.05, 0.1) is 18.0 Å². The second-order valence-corrected chi connectivity index (χ2v) is 8.07. The summed E-state index contributed by atoms with van der Waals surface area (Å²) in [6.07, 6.45) is 15.2. The molecule has 3 rings (SSSR count). The van der Waals surface area contributed by atoms with Crippen LogP contribution in [0.3, 0.4) is 0 Å². The Bertz CT molecular complexity index is 582. The zero-order valence-electron chi connectivity index (χ0n) is 15.2. The van der Waals surface area contributed by atoms with E-state index >= 15 is 0 Å². The summed E-state index contributed by atoms with van der Waals surface area (Å²) in [6.45, 7) is 0. The molecule has 0 spiro atoms. The van der Waals surface area contributed by atoms with Crippen LogP contribution in [0.4, 0.5) is 4.39 Å². The number of benzene rings is 1. The lowest BCUT2D eigenvalue weighted by Gasteiger charge is -2.38. The number of hydrogen-bond acceptors (Lipinski definition) is 1. The Balaban J connectivity index is 1.43. The summed E-state index contributed by atoms with van der Waals surface area (Å²) < 4.78 is 12.0. The third-order valence-corrected chi connectivity index (χ3v) is 6.67. The summed E-state index contributed by atoms with van der Waals surface area (Å²) in [7, 11) is 0. The minimum atomic E-state index is 0.688. The van der Waals surface area contributed by atoms with E-state index in [0.29, 0.717) is 12.2 Å². The van der Waals surface area contributed by atoms with Gasteiger partial charge in [-0.3, -0.25) is 0 Å². The van der Waals surface area contributed by atoms with Crippen LogP contribution in [0.5, 0.6) is 0 Å². The Morgan fingerprint density at radius 3 is 2.08 bits per heavy atom. The van der Waals surface area contributed by atoms with Crippen molar-refractivity contribution in [3.63, 3.8) is 0 Å². The smallest absolute Gasteiger partial charge is 0.0991 e. The molecule has 0 atom stereocenters. The van der Waals surface area contributed by atoms with Crippen molar-refractivity contribution < 1.29 is 4.39 Å². The van der Waals surface area contributed by atoms with Crippen LogP contribution >= 0.6 is 0 Å². The number of nitrogens with zero attached hydrogens (tertiary/aromatic N) is 1. The number of allylic oxidation sites excluding steroid dienone is 1. The molecular weight excluding hydrogens is 309 g/mol. The van der Waals surface area contributed by atoms with Crippen LogP contribution in [0.1, 0.15) is 81.3 Å². The van der Waals surface area contributed by atoms with Gasteiger partial charge in [-0.2, -0.15) is 5.26 Å². The van der Waals surface area contributed by atoms with Gasteiger partial charge in [0.1, 0.15) is 0 Å². The van der Waals surface area contributed by atoms with Crippen LogP contribution in [0.25, 0.3) is 0 Å². The first-order valence-electron chi connectivity index (χ1n) is 10.1. The van der Waals surface area contributed by atoms with Gasteiger partial charge < -0.3 is 0 Å². The molecule has 2 saturated carbocycles. The summed E-state index contributed by atoms with van der Waals surface area (Å²) in [5.41, 5.74) is 2.18. The molecule has 0 aliphatic heterocycles. The summed E-state index contributed by atoms with van der Waals surface area (Å²) >= 11 is 0. The fraction of sp³-hybridized carbons (Fsp3) is 0.609. The van der Waals surface area contributed by atoms with E-state index in [1.165, 1.54) is 63.4 Å². The van der Waals surface area contributed by atoms with Crippen LogP contribution in [0, 0.1) is 29.1 Å². The molecule has 25 heavy (non-hydrogen) atoms. The van der Waals surface area contributed by atoms with E-state index in [1.54, 1.807) is 6.08 Å². The predicted octanol–water partition coefficient (Wildman–Crippen LogP) is 6.90. The summed E-state index contributed by atoms with van der Waals surface area (Å²) in [5.74, 6) is 3.35. The fourth-order valence-electron chi connectivity index (χ4n) is 5.10. The van der Waals surface area contributed by atoms with E-state index < -0.39 is 0 Å². The predicted molar refractivity (Wildman–Crippen MR) is 101 cm³/mol. The van der Waals surface area contributed by atoms with Gasteiger partial charge >= 0.3 is 0 Å². The highest BCUT2D eigenvalue weighted by atomic mass is 19.1. The largest absolute Gasteiger partial charge is 0.216 e. The monoisotopic (exact) mass is 339 g/mol. The van der Waals surface area contributed by atoms with Crippen LogP contribution in [0.2, 0.25) is 0 Å². The second-order valence-electron chi connectivity index (χ2n) is 8.07. The molecule has 1 nitrogen and oxygen atoms in total. The highest BCUT2D eigenvalue weighted by Crippen LogP contribution is 2.44. The van der Waals surface area contributed by atoms with Crippen molar-refractivity contribution in [2.45, 2.75) is 70.1 Å². The van der Waals surface area contributed by atoms with E-state index in [9.17, 15) is 4.39 Å². The Hall–Kier alpha value is -1.62. The molecule has 2 fully saturated rings. The van der Waals surface area contributed by atoms with E-state index in [4.69, 9.17) is 5.26 Å². The molecule has 2 aliphatic rings. The molecule has 0 N–H and O–H groups in total. The highest BCUT2D eigenvalue weighted by Gasteiger charge is 2.31. The van der Waals surface area contributed by atoms with Crippen molar-refractivity contribution in [1.82, 2.24) is 0 Å². The van der Waals surface area contributed by atoms with Gasteiger partial charge in [0.15, 0.2) is 0 Å². The van der Waals surface area contributed by atoms with Crippen molar-refractivity contribution in [2.75, 3.05) is 0 Å². The molecule has 0 bridgehead atoms. The van der Waals surface area contributed by atoms with Gasteiger partial charge in [-0.15, -0.1) is 0 Å². The van der Waals surface area contributed by atoms with Crippen LogP contribution in [-0.2, 0) is 0 Å². The van der Waals surface area contributed by atoms with Crippen molar-refractivity contribution >= 4 is 0 Å². The van der Waals surface area contributed by atoms with Crippen molar-refractivity contribution in [3.8, 4) is 6.07 Å². The van der Waals surface area contributed by atoms with Crippen LogP contribution in [-0.4, -0.2) is 0 Å². The van der Waals surface area contributed by atoms with Crippen molar-refractivity contribution in [1.29, 1.82) is 5.26 Å². The number of rotatable bonds is 5. The molecule has 0 amide bonds. The van der Waals surface area contributed by atoms with E-state index in [0.717, 1.165) is 29.7 Å². The highest BCUT2D eigenvalue weighted by molar-refractivity contribution is 5.33. The Labute approximate surface area is 151 Å². The minimum Gasteiger partial charge on any atom is -0.216 e. The van der Waals surface area contributed by atoms with E-state index in [-0.39, 0.29) is 0 Å². The normalized spacial score (nSPS) is 30.2. The average molecular weight is 339 g/mol. The minimum absolute atomic E-state index is 0.688. The Kier molecular flexibility index (Phi) is 6.68. The summed E-state index contributed by atoms with van der Waals surface area (Å²) in [4.78, 5) is 0. The van der Waals surface area contributed by atoms with E-state index in [1.807, 2.05) is 12.1 Å². The molecule has 0 aromatic heterocycles. The second kappa shape index (κ2) is 9.18. The van der Waals surface area contributed by atoms with Gasteiger partial charge in [0, 0.05) is 0 Å². The molecule has 0 unspecified atom stereocenters. The van der Waals surface area contributed by atoms with Gasteiger partial charge in [-0.1, -0.05) is 31.1 Å². The Morgan fingerprint density at radius 2 is 1.52 bits per heavy atom. The lowest BCUT2D eigenvalue weighted by Crippen LogP contribution is -2.25. The molecule has 0 saturated heterocycles. The van der Waals surface area contributed by atoms with Crippen molar-refractivity contribution in [2.24, 2.45) is 17.8 Å². The standard InChI is InChI=1S/C23H30FN/c24-16-2-1-3-18-4-8-20(9-5-18)22-12-14-23(15-13-22)21-10-6-19(17-25)7-11-21/h2,6-7,10-11,16,18,20,22-23H,1,3-5,8-9,12-15H2/b16-2+/t18-,20-,22?,23?. The zero-order valence-corrected chi connectivity index (χ0v) is 15.2. The lowest BCUT2D eigenvalue weighted by atomic mass is 9.68. The molecule has 2 aliphatic carbocycles. The topological polar surface area (TPSA) is 23.8 Å². The summed E-state index contributed by atoms with van der Waals surface area (Å²) in [6, 6.07) is 10.4. The maximum Gasteiger partial charge on any atom is 0.0991 e. The molecule has 0 heterocycles. The molecule has 0 radical (unpaired) electrons.